The molecule has 0 saturated heterocycles. The van der Waals surface area contributed by atoms with Crippen LogP contribution in [0.5, 0.6) is 0 Å². The predicted molar refractivity (Wildman–Crippen MR) is 78.9 cm³/mol. The monoisotopic (exact) mass is 304 g/mol. The summed E-state index contributed by atoms with van der Waals surface area (Å²) in [6.45, 7) is 6.12. The zero-order chi connectivity index (χ0) is 13.3. The highest BCUT2D eigenvalue weighted by Gasteiger charge is 2.14. The van der Waals surface area contributed by atoms with E-state index in [1.807, 2.05) is 37.3 Å². The molecule has 1 atom stereocenters. The fraction of sp³-hybridized carbons (Fsp3) is 0.250. The van der Waals surface area contributed by atoms with Crippen LogP contribution in [0.3, 0.4) is 0 Å². The molecule has 0 aromatic heterocycles. The Balaban J connectivity index is 2.47. The molecule has 0 aliphatic heterocycles. The van der Waals surface area contributed by atoms with Crippen LogP contribution in [0.2, 0.25) is 0 Å². The van der Waals surface area contributed by atoms with Gasteiger partial charge >= 0.3 is 0 Å². The van der Waals surface area contributed by atoms with E-state index in [0.717, 1.165) is 21.2 Å². The highest BCUT2D eigenvalue weighted by Crippen LogP contribution is 2.29. The Morgan fingerprint density at radius 1 is 1.00 bits per heavy atom. The van der Waals surface area contributed by atoms with E-state index in [1.54, 1.807) is 0 Å². The van der Waals surface area contributed by atoms with Gasteiger partial charge in [-0.1, -0.05) is 57.4 Å². The number of benzene rings is 2. The molecule has 0 aliphatic carbocycles. The van der Waals surface area contributed by atoms with E-state index in [4.69, 9.17) is 0 Å². The summed E-state index contributed by atoms with van der Waals surface area (Å²) in [5.74, 6) is 0. The number of hydrogen-bond donors (Lipinski definition) is 1. The molecule has 0 aliphatic rings. The number of aliphatic hydroxyl groups excluding tert-OH is 1. The van der Waals surface area contributed by atoms with Crippen molar-refractivity contribution < 1.29 is 5.11 Å². The molecule has 18 heavy (non-hydrogen) atoms. The van der Waals surface area contributed by atoms with Crippen LogP contribution in [0, 0.1) is 20.8 Å². The third-order valence-electron chi connectivity index (χ3n) is 3.16. The average Bonchev–Trinajstić information content (AvgIpc) is 2.30. The average molecular weight is 305 g/mol. The molecule has 0 amide bonds. The summed E-state index contributed by atoms with van der Waals surface area (Å²) in [5, 5.41) is 10.5. The summed E-state index contributed by atoms with van der Waals surface area (Å²) in [7, 11) is 0. The van der Waals surface area contributed by atoms with E-state index in [1.165, 1.54) is 11.1 Å². The van der Waals surface area contributed by atoms with Crippen LogP contribution < -0.4 is 0 Å². The van der Waals surface area contributed by atoms with E-state index in [9.17, 15) is 5.11 Å². The van der Waals surface area contributed by atoms with E-state index in [-0.39, 0.29) is 0 Å². The second kappa shape index (κ2) is 5.25. The van der Waals surface area contributed by atoms with Gasteiger partial charge in [0, 0.05) is 4.47 Å². The molecular weight excluding hydrogens is 288 g/mol. The molecule has 2 heteroatoms. The minimum Gasteiger partial charge on any atom is -0.384 e. The summed E-state index contributed by atoms with van der Waals surface area (Å²) in [5.41, 5.74) is 5.35. The first-order valence-electron chi connectivity index (χ1n) is 6.00. The minimum absolute atomic E-state index is 0.568. The number of rotatable bonds is 2. The molecule has 0 bridgehead atoms. The Kier molecular flexibility index (Phi) is 3.88. The van der Waals surface area contributed by atoms with Gasteiger partial charge in [-0.15, -0.1) is 0 Å². The first-order valence-corrected chi connectivity index (χ1v) is 6.79. The Labute approximate surface area is 117 Å². The number of hydrogen-bond acceptors (Lipinski definition) is 1. The lowest BCUT2D eigenvalue weighted by Gasteiger charge is -2.16. The van der Waals surface area contributed by atoms with Crippen LogP contribution >= 0.6 is 15.9 Å². The smallest absolute Gasteiger partial charge is 0.104 e. The molecular formula is C16H17BrO. The van der Waals surface area contributed by atoms with Gasteiger partial charge in [-0.05, 0) is 43.5 Å². The molecule has 0 spiro atoms. The van der Waals surface area contributed by atoms with E-state index >= 15 is 0 Å². The first-order chi connectivity index (χ1) is 8.49. The van der Waals surface area contributed by atoms with Gasteiger partial charge in [-0.2, -0.15) is 0 Å². The predicted octanol–water partition coefficient (Wildman–Crippen LogP) is 4.46. The Bertz CT molecular complexity index is 555. The molecule has 1 N–H and O–H groups in total. The van der Waals surface area contributed by atoms with Crippen LogP contribution in [0.1, 0.15) is 33.9 Å². The van der Waals surface area contributed by atoms with Crippen molar-refractivity contribution >= 4 is 15.9 Å². The van der Waals surface area contributed by atoms with Gasteiger partial charge in [-0.25, -0.2) is 0 Å². The third kappa shape index (κ3) is 2.65. The molecule has 1 unspecified atom stereocenters. The second-order valence-corrected chi connectivity index (χ2v) is 5.63. The van der Waals surface area contributed by atoms with Gasteiger partial charge < -0.3 is 5.11 Å². The van der Waals surface area contributed by atoms with Gasteiger partial charge in [0.25, 0.3) is 0 Å². The van der Waals surface area contributed by atoms with Crippen LogP contribution in [0.25, 0.3) is 0 Å². The van der Waals surface area contributed by atoms with Gasteiger partial charge in [-0.3, -0.25) is 0 Å². The van der Waals surface area contributed by atoms with Crippen LogP contribution in [0.4, 0.5) is 0 Å². The highest BCUT2D eigenvalue weighted by atomic mass is 79.9. The van der Waals surface area contributed by atoms with Crippen molar-refractivity contribution in [2.75, 3.05) is 0 Å². The lowest BCUT2D eigenvalue weighted by atomic mass is 9.95. The van der Waals surface area contributed by atoms with Gasteiger partial charge in [0.2, 0.25) is 0 Å². The van der Waals surface area contributed by atoms with Crippen molar-refractivity contribution in [3.8, 4) is 0 Å². The zero-order valence-electron chi connectivity index (χ0n) is 10.9. The third-order valence-corrected chi connectivity index (χ3v) is 4.02. The molecule has 1 nitrogen and oxygen atoms in total. The fourth-order valence-corrected chi connectivity index (χ4v) is 2.65. The number of aryl methyl sites for hydroxylation is 2. The number of aliphatic hydroxyl groups is 1. The quantitative estimate of drug-likeness (QED) is 0.868. The maximum Gasteiger partial charge on any atom is 0.104 e. The molecule has 2 aromatic rings. The van der Waals surface area contributed by atoms with Gasteiger partial charge in [0.15, 0.2) is 0 Å². The molecule has 0 saturated carbocycles. The fourth-order valence-electron chi connectivity index (χ4n) is 2.27. The summed E-state index contributed by atoms with van der Waals surface area (Å²) in [6, 6.07) is 12.1. The minimum atomic E-state index is -0.568. The number of halogens is 1. The normalized spacial score (nSPS) is 12.5. The lowest BCUT2D eigenvalue weighted by molar-refractivity contribution is 0.219. The van der Waals surface area contributed by atoms with Crippen molar-refractivity contribution in [2.45, 2.75) is 26.9 Å². The van der Waals surface area contributed by atoms with E-state index in [0.29, 0.717) is 0 Å². The molecule has 0 fully saturated rings. The van der Waals surface area contributed by atoms with Crippen LogP contribution in [-0.4, -0.2) is 5.11 Å². The van der Waals surface area contributed by atoms with Gasteiger partial charge in [0.05, 0.1) is 0 Å². The summed E-state index contributed by atoms with van der Waals surface area (Å²) in [6.07, 6.45) is -0.568. The maximum atomic E-state index is 10.5. The highest BCUT2D eigenvalue weighted by molar-refractivity contribution is 9.10. The summed E-state index contributed by atoms with van der Waals surface area (Å²) < 4.78 is 1.03. The largest absolute Gasteiger partial charge is 0.384 e. The maximum absolute atomic E-state index is 10.5. The van der Waals surface area contributed by atoms with E-state index < -0.39 is 6.10 Å². The van der Waals surface area contributed by atoms with Crippen molar-refractivity contribution in [1.29, 1.82) is 0 Å². The molecule has 2 rings (SSSR count). The van der Waals surface area contributed by atoms with E-state index in [2.05, 4.69) is 35.8 Å². The Morgan fingerprint density at radius 2 is 1.61 bits per heavy atom. The topological polar surface area (TPSA) is 20.2 Å². The molecule has 0 heterocycles. The zero-order valence-corrected chi connectivity index (χ0v) is 12.5. The van der Waals surface area contributed by atoms with Crippen molar-refractivity contribution in [3.05, 3.63) is 68.7 Å². The summed E-state index contributed by atoms with van der Waals surface area (Å²) >= 11 is 3.50. The SMILES string of the molecule is Cc1cc(C)cc(C(O)c2cccc(Br)c2C)c1. The Morgan fingerprint density at radius 3 is 2.22 bits per heavy atom. The van der Waals surface area contributed by atoms with Crippen molar-refractivity contribution in [3.63, 3.8) is 0 Å². The summed E-state index contributed by atoms with van der Waals surface area (Å²) in [4.78, 5) is 0. The van der Waals surface area contributed by atoms with Crippen molar-refractivity contribution in [2.24, 2.45) is 0 Å². The standard InChI is InChI=1S/C16H17BrO/c1-10-7-11(2)9-13(8-10)16(18)14-5-4-6-15(17)12(14)3/h4-9,16,18H,1-3H3. The molecule has 0 radical (unpaired) electrons. The van der Waals surface area contributed by atoms with Crippen LogP contribution in [-0.2, 0) is 0 Å². The van der Waals surface area contributed by atoms with Crippen LogP contribution in [0.15, 0.2) is 40.9 Å². The molecule has 94 valence electrons. The van der Waals surface area contributed by atoms with Crippen molar-refractivity contribution in [1.82, 2.24) is 0 Å². The van der Waals surface area contributed by atoms with Gasteiger partial charge in [0.1, 0.15) is 6.10 Å². The second-order valence-electron chi connectivity index (χ2n) is 4.78. The molecule has 2 aromatic carbocycles. The lowest BCUT2D eigenvalue weighted by Crippen LogP contribution is -2.03. The first kappa shape index (κ1) is 13.3. The Hall–Kier alpha value is -1.12.